The number of aromatic nitrogens is 2. The quantitative estimate of drug-likeness (QED) is 0.598. The van der Waals surface area contributed by atoms with Gasteiger partial charge in [0.15, 0.2) is 0 Å². The highest BCUT2D eigenvalue weighted by atomic mass is 32.2. The first-order chi connectivity index (χ1) is 15.9. The van der Waals surface area contributed by atoms with Crippen LogP contribution < -0.4 is 21.5 Å². The summed E-state index contributed by atoms with van der Waals surface area (Å²) in [5, 5.41) is 3.30. The molecule has 170 valence electrons. The number of thioether (sulfide) groups is 1. The SMILES string of the molecule is Cc1ccc2[nH]c(=O)n(CCCC3CN(c4ccc5c(c4)NC(=O)CS5)C(=O)O3)c(=O)c2c1. The number of fused-ring (bicyclic) bond motifs is 2. The summed E-state index contributed by atoms with van der Waals surface area (Å²) in [5.41, 5.74) is 2.03. The highest BCUT2D eigenvalue weighted by Crippen LogP contribution is 2.35. The van der Waals surface area contributed by atoms with E-state index in [2.05, 4.69) is 10.3 Å². The highest BCUT2D eigenvalue weighted by Gasteiger charge is 2.32. The Kier molecular flexibility index (Phi) is 5.45. The van der Waals surface area contributed by atoms with Crippen molar-refractivity contribution in [3.05, 3.63) is 62.8 Å². The van der Waals surface area contributed by atoms with Gasteiger partial charge >= 0.3 is 11.8 Å². The molecule has 33 heavy (non-hydrogen) atoms. The van der Waals surface area contributed by atoms with Gasteiger partial charge in [0.05, 0.1) is 28.9 Å². The Morgan fingerprint density at radius 2 is 1.97 bits per heavy atom. The monoisotopic (exact) mass is 466 g/mol. The second-order valence-corrected chi connectivity index (χ2v) is 9.23. The van der Waals surface area contributed by atoms with E-state index in [1.165, 1.54) is 21.2 Å². The Hall–Kier alpha value is -3.53. The molecule has 2 aliphatic rings. The average molecular weight is 467 g/mol. The van der Waals surface area contributed by atoms with Gasteiger partial charge in [0, 0.05) is 17.1 Å². The number of hydrogen-bond donors (Lipinski definition) is 2. The second-order valence-electron chi connectivity index (χ2n) is 8.21. The Morgan fingerprint density at radius 1 is 1.12 bits per heavy atom. The molecule has 1 atom stereocenters. The molecule has 1 saturated heterocycles. The third-order valence-corrected chi connectivity index (χ3v) is 6.90. The first-order valence-corrected chi connectivity index (χ1v) is 11.7. The molecular formula is C23H22N4O5S. The molecule has 3 heterocycles. The predicted octanol–water partition coefficient (Wildman–Crippen LogP) is 2.85. The number of H-pyrrole nitrogens is 1. The van der Waals surface area contributed by atoms with Crippen molar-refractivity contribution in [3.8, 4) is 0 Å². The van der Waals surface area contributed by atoms with Gasteiger partial charge in [-0.25, -0.2) is 9.59 Å². The molecule has 0 saturated carbocycles. The summed E-state index contributed by atoms with van der Waals surface area (Å²) in [4.78, 5) is 54.5. The minimum Gasteiger partial charge on any atom is -0.444 e. The number of nitrogens with zero attached hydrogens (tertiary/aromatic N) is 2. The summed E-state index contributed by atoms with van der Waals surface area (Å²) in [6, 6.07) is 10.8. The summed E-state index contributed by atoms with van der Waals surface area (Å²) in [5.74, 6) is 0.309. The molecule has 10 heteroatoms. The van der Waals surface area contributed by atoms with Crippen molar-refractivity contribution >= 4 is 46.0 Å². The number of aryl methyl sites for hydroxylation is 1. The number of hydrogen-bond acceptors (Lipinski definition) is 6. The molecule has 5 rings (SSSR count). The van der Waals surface area contributed by atoms with Gasteiger partial charge in [-0.1, -0.05) is 11.6 Å². The van der Waals surface area contributed by atoms with E-state index in [4.69, 9.17) is 4.74 Å². The topological polar surface area (TPSA) is 114 Å². The van der Waals surface area contributed by atoms with Gasteiger partial charge in [-0.15, -0.1) is 11.8 Å². The van der Waals surface area contributed by atoms with E-state index in [0.29, 0.717) is 47.4 Å². The first kappa shape index (κ1) is 21.3. The van der Waals surface area contributed by atoms with Crippen LogP contribution in [-0.4, -0.2) is 40.0 Å². The number of rotatable bonds is 5. The summed E-state index contributed by atoms with van der Waals surface area (Å²) >= 11 is 1.46. The van der Waals surface area contributed by atoms with E-state index in [1.807, 2.05) is 25.1 Å². The van der Waals surface area contributed by atoms with Crippen LogP contribution in [0.4, 0.5) is 16.2 Å². The Morgan fingerprint density at radius 3 is 2.82 bits per heavy atom. The molecule has 1 fully saturated rings. The molecule has 0 spiro atoms. The fourth-order valence-electron chi connectivity index (χ4n) is 4.17. The fourth-order valence-corrected chi connectivity index (χ4v) is 4.95. The van der Waals surface area contributed by atoms with Crippen LogP contribution in [0.2, 0.25) is 0 Å². The van der Waals surface area contributed by atoms with Crippen LogP contribution in [0.5, 0.6) is 0 Å². The van der Waals surface area contributed by atoms with Gasteiger partial charge in [0.2, 0.25) is 5.91 Å². The molecule has 1 aromatic heterocycles. The molecule has 0 aliphatic carbocycles. The third-order valence-electron chi connectivity index (χ3n) is 5.83. The molecule has 2 amide bonds. The van der Waals surface area contributed by atoms with E-state index in [1.54, 1.807) is 18.2 Å². The molecular weight excluding hydrogens is 444 g/mol. The van der Waals surface area contributed by atoms with Crippen molar-refractivity contribution in [1.82, 2.24) is 9.55 Å². The van der Waals surface area contributed by atoms with Crippen molar-refractivity contribution in [1.29, 1.82) is 0 Å². The number of cyclic esters (lactones) is 1. The van der Waals surface area contributed by atoms with Gasteiger partial charge in [0.25, 0.3) is 5.56 Å². The summed E-state index contributed by atoms with van der Waals surface area (Å²) < 4.78 is 6.69. The number of amides is 2. The van der Waals surface area contributed by atoms with Gasteiger partial charge in [-0.05, 0) is 50.1 Å². The minimum absolute atomic E-state index is 0.0689. The number of carbonyl (C=O) groups excluding carboxylic acids is 2. The Bertz CT molecular complexity index is 1400. The maximum Gasteiger partial charge on any atom is 0.414 e. The van der Waals surface area contributed by atoms with E-state index < -0.39 is 11.8 Å². The smallest absolute Gasteiger partial charge is 0.414 e. The minimum atomic E-state index is -0.453. The molecule has 0 radical (unpaired) electrons. The number of anilines is 2. The summed E-state index contributed by atoms with van der Waals surface area (Å²) in [6.07, 6.45) is 0.210. The van der Waals surface area contributed by atoms with Crippen molar-refractivity contribution in [2.45, 2.75) is 37.3 Å². The van der Waals surface area contributed by atoms with Crippen molar-refractivity contribution in [2.24, 2.45) is 0 Å². The molecule has 1 unspecified atom stereocenters. The van der Waals surface area contributed by atoms with Crippen LogP contribution in [0.25, 0.3) is 10.9 Å². The fraction of sp³-hybridized carbons (Fsp3) is 0.304. The lowest BCUT2D eigenvalue weighted by Crippen LogP contribution is -2.35. The van der Waals surface area contributed by atoms with E-state index in [0.717, 1.165) is 10.5 Å². The largest absolute Gasteiger partial charge is 0.444 e. The molecule has 9 nitrogen and oxygen atoms in total. The number of aromatic amines is 1. The zero-order valence-electron chi connectivity index (χ0n) is 17.9. The molecule has 2 aliphatic heterocycles. The van der Waals surface area contributed by atoms with Gasteiger partial charge in [-0.3, -0.25) is 19.1 Å². The number of nitrogens with one attached hydrogen (secondary N) is 2. The first-order valence-electron chi connectivity index (χ1n) is 10.7. The third kappa shape index (κ3) is 4.13. The molecule has 0 bridgehead atoms. The number of benzene rings is 2. The van der Waals surface area contributed by atoms with Crippen LogP contribution in [0.1, 0.15) is 18.4 Å². The van der Waals surface area contributed by atoms with Crippen molar-refractivity contribution < 1.29 is 14.3 Å². The normalized spacial score (nSPS) is 17.7. The van der Waals surface area contributed by atoms with Crippen molar-refractivity contribution in [2.75, 3.05) is 22.5 Å². The zero-order valence-corrected chi connectivity index (χ0v) is 18.7. The lowest BCUT2D eigenvalue weighted by molar-refractivity contribution is -0.113. The second kappa shape index (κ2) is 8.43. The van der Waals surface area contributed by atoms with Gasteiger partial charge < -0.3 is 15.0 Å². The van der Waals surface area contributed by atoms with E-state index >= 15 is 0 Å². The standard InChI is InChI=1S/C23H22N4O5S/c1-13-4-6-17-16(9-13)21(29)26(22(30)25-17)8-2-3-15-11-27(23(31)32-15)14-5-7-19-18(10-14)24-20(28)12-33-19/h4-7,9-10,15H,2-3,8,11-12H2,1H3,(H,24,28)(H,25,30). The zero-order chi connectivity index (χ0) is 23.1. The lowest BCUT2D eigenvalue weighted by atomic mass is 10.1. The highest BCUT2D eigenvalue weighted by molar-refractivity contribution is 8.00. The van der Waals surface area contributed by atoms with Crippen LogP contribution in [0.3, 0.4) is 0 Å². The van der Waals surface area contributed by atoms with Gasteiger partial charge in [0.1, 0.15) is 6.10 Å². The van der Waals surface area contributed by atoms with Crippen LogP contribution in [0.15, 0.2) is 50.9 Å². The molecule has 2 aromatic carbocycles. The van der Waals surface area contributed by atoms with Gasteiger partial charge in [-0.2, -0.15) is 0 Å². The maximum atomic E-state index is 12.8. The Balaban J connectivity index is 1.26. The maximum absolute atomic E-state index is 12.8. The van der Waals surface area contributed by atoms with E-state index in [-0.39, 0.29) is 24.1 Å². The summed E-state index contributed by atoms with van der Waals surface area (Å²) in [7, 11) is 0. The summed E-state index contributed by atoms with van der Waals surface area (Å²) in [6.45, 7) is 2.49. The number of ether oxygens (including phenoxy) is 1. The average Bonchev–Trinajstić information content (AvgIpc) is 3.16. The molecule has 2 N–H and O–H groups in total. The van der Waals surface area contributed by atoms with Crippen LogP contribution in [0, 0.1) is 6.92 Å². The lowest BCUT2D eigenvalue weighted by Gasteiger charge is -2.20. The van der Waals surface area contributed by atoms with Crippen LogP contribution in [-0.2, 0) is 16.1 Å². The Labute approximate surface area is 192 Å². The van der Waals surface area contributed by atoms with Crippen molar-refractivity contribution in [3.63, 3.8) is 0 Å². The predicted molar refractivity (Wildman–Crippen MR) is 126 cm³/mol. The molecule has 3 aromatic rings. The number of carbonyl (C=O) groups is 2. The van der Waals surface area contributed by atoms with E-state index in [9.17, 15) is 19.2 Å². The van der Waals surface area contributed by atoms with Crippen LogP contribution >= 0.6 is 11.8 Å².